The molecule has 0 fully saturated rings. The normalized spacial score (nSPS) is 12.9. The minimum atomic E-state index is -2.55. The van der Waals surface area contributed by atoms with Gasteiger partial charge in [-0.05, 0) is 18.6 Å². The predicted molar refractivity (Wildman–Crippen MR) is 57.9 cm³/mol. The Morgan fingerprint density at radius 3 is 2.47 bits per heavy atom. The molecule has 0 radical (unpaired) electrons. The van der Waals surface area contributed by atoms with Crippen molar-refractivity contribution in [1.29, 1.82) is 0 Å². The van der Waals surface area contributed by atoms with Gasteiger partial charge in [-0.3, -0.25) is 4.79 Å². The van der Waals surface area contributed by atoms with E-state index in [0.29, 0.717) is 10.5 Å². The molecule has 0 aliphatic rings. The zero-order valence-corrected chi connectivity index (χ0v) is 9.53. The fourth-order valence-corrected chi connectivity index (χ4v) is 1.75. The van der Waals surface area contributed by atoms with E-state index < -0.39 is 11.8 Å². The number of hydrogen-bond donors (Lipinski definition) is 1. The molecule has 0 N–H and O–H groups in total. The van der Waals surface area contributed by atoms with E-state index in [2.05, 4.69) is 12.6 Å². The van der Waals surface area contributed by atoms with E-state index in [1.165, 1.54) is 25.1 Å². The van der Waals surface area contributed by atoms with E-state index >= 15 is 0 Å². The standard InChI is InChI=1S/C10H9ClF2OS/c1-5(14)9(11)7-3-2-6(10(12)13)4-8(7)15/h2-4,9-10,15H,1H3. The number of benzene rings is 1. The van der Waals surface area contributed by atoms with E-state index in [0.717, 1.165) is 0 Å². The molecule has 0 spiro atoms. The molecule has 1 unspecified atom stereocenters. The summed E-state index contributed by atoms with van der Waals surface area (Å²) in [5.41, 5.74) is 0.327. The maximum absolute atomic E-state index is 12.3. The Bertz CT molecular complexity index is 382. The van der Waals surface area contributed by atoms with Crippen molar-refractivity contribution in [3.63, 3.8) is 0 Å². The molecule has 1 nitrogen and oxygen atoms in total. The summed E-state index contributed by atoms with van der Waals surface area (Å²) in [6, 6.07) is 3.88. The van der Waals surface area contributed by atoms with Gasteiger partial charge < -0.3 is 0 Å². The Labute approximate surface area is 96.8 Å². The van der Waals surface area contributed by atoms with E-state index in [-0.39, 0.29) is 11.3 Å². The van der Waals surface area contributed by atoms with Crippen LogP contribution >= 0.6 is 24.2 Å². The van der Waals surface area contributed by atoms with Crippen LogP contribution in [0.2, 0.25) is 0 Å². The van der Waals surface area contributed by atoms with E-state index in [9.17, 15) is 13.6 Å². The number of halogens is 3. The summed E-state index contributed by atoms with van der Waals surface area (Å²) in [6.45, 7) is 1.34. The molecule has 0 saturated heterocycles. The monoisotopic (exact) mass is 250 g/mol. The molecule has 1 aromatic rings. The highest BCUT2D eigenvalue weighted by molar-refractivity contribution is 7.80. The van der Waals surface area contributed by atoms with Crippen molar-refractivity contribution in [2.24, 2.45) is 0 Å². The Morgan fingerprint density at radius 1 is 1.47 bits per heavy atom. The van der Waals surface area contributed by atoms with Crippen LogP contribution in [0.3, 0.4) is 0 Å². The van der Waals surface area contributed by atoms with Crippen molar-refractivity contribution >= 4 is 30.0 Å². The van der Waals surface area contributed by atoms with Gasteiger partial charge in [0.25, 0.3) is 6.43 Å². The molecule has 0 aliphatic heterocycles. The summed E-state index contributed by atoms with van der Waals surface area (Å²) in [5.74, 6) is -0.239. The van der Waals surface area contributed by atoms with Crippen LogP contribution in [-0.2, 0) is 4.79 Å². The average Bonchev–Trinajstić information content (AvgIpc) is 2.16. The molecular formula is C10H9ClF2OS. The minimum absolute atomic E-state index is 0.129. The van der Waals surface area contributed by atoms with Crippen LogP contribution in [0.5, 0.6) is 0 Å². The number of hydrogen-bond acceptors (Lipinski definition) is 2. The molecule has 0 amide bonds. The smallest absolute Gasteiger partial charge is 0.263 e. The average molecular weight is 251 g/mol. The second kappa shape index (κ2) is 4.94. The summed E-state index contributed by atoms with van der Waals surface area (Å²) in [7, 11) is 0. The molecular weight excluding hydrogens is 242 g/mol. The number of rotatable bonds is 3. The topological polar surface area (TPSA) is 17.1 Å². The lowest BCUT2D eigenvalue weighted by Gasteiger charge is -2.10. The minimum Gasteiger partial charge on any atom is -0.298 e. The Kier molecular flexibility index (Phi) is 4.11. The lowest BCUT2D eigenvalue weighted by atomic mass is 10.1. The number of Topliss-reactive ketones (excluding diaryl/α,β-unsaturated/α-hetero) is 1. The highest BCUT2D eigenvalue weighted by Gasteiger charge is 2.17. The van der Waals surface area contributed by atoms with Gasteiger partial charge in [-0.1, -0.05) is 12.1 Å². The maximum atomic E-state index is 12.3. The second-order valence-corrected chi connectivity index (χ2v) is 4.01. The van der Waals surface area contributed by atoms with E-state index in [4.69, 9.17) is 11.6 Å². The second-order valence-electron chi connectivity index (χ2n) is 3.09. The molecule has 0 aromatic heterocycles. The van der Waals surface area contributed by atoms with E-state index in [1.807, 2.05) is 0 Å². The number of carbonyl (C=O) groups excluding carboxylic acids is 1. The fourth-order valence-electron chi connectivity index (χ4n) is 1.13. The van der Waals surface area contributed by atoms with Gasteiger partial charge in [-0.2, -0.15) is 0 Å². The SMILES string of the molecule is CC(=O)C(Cl)c1ccc(C(F)F)cc1S. The molecule has 1 atom stereocenters. The summed E-state index contributed by atoms with van der Waals surface area (Å²) in [5, 5.41) is -0.829. The van der Waals surface area contributed by atoms with Crippen LogP contribution in [0.1, 0.15) is 29.9 Å². The van der Waals surface area contributed by atoms with Gasteiger partial charge >= 0.3 is 0 Å². The third kappa shape index (κ3) is 2.92. The first-order valence-corrected chi connectivity index (χ1v) is 5.07. The molecule has 0 bridgehead atoms. The number of ketones is 1. The van der Waals surface area contributed by atoms with Crippen LogP contribution in [0.15, 0.2) is 23.1 Å². The number of carbonyl (C=O) groups is 1. The van der Waals surface area contributed by atoms with Crippen LogP contribution in [0, 0.1) is 0 Å². The maximum Gasteiger partial charge on any atom is 0.263 e. The summed E-state index contributed by atoms with van der Waals surface area (Å²) in [6.07, 6.45) is -2.55. The zero-order valence-electron chi connectivity index (χ0n) is 7.88. The first kappa shape index (κ1) is 12.5. The van der Waals surface area contributed by atoms with Crippen LogP contribution in [-0.4, -0.2) is 5.78 Å². The van der Waals surface area contributed by atoms with Gasteiger partial charge in [0, 0.05) is 10.5 Å². The molecule has 15 heavy (non-hydrogen) atoms. The number of alkyl halides is 3. The quantitative estimate of drug-likeness (QED) is 0.638. The Balaban J connectivity index is 3.08. The Hall–Kier alpha value is -0.610. The van der Waals surface area contributed by atoms with Crippen LogP contribution in [0.4, 0.5) is 8.78 Å². The van der Waals surface area contributed by atoms with Gasteiger partial charge in [0.05, 0.1) is 0 Å². The van der Waals surface area contributed by atoms with Crippen molar-refractivity contribution in [3.05, 3.63) is 29.3 Å². The van der Waals surface area contributed by atoms with Crippen molar-refractivity contribution in [2.45, 2.75) is 23.6 Å². The predicted octanol–water partition coefficient (Wildman–Crippen LogP) is 3.78. The zero-order chi connectivity index (χ0) is 11.6. The third-order valence-electron chi connectivity index (χ3n) is 1.94. The van der Waals surface area contributed by atoms with E-state index in [1.54, 1.807) is 0 Å². The summed E-state index contributed by atoms with van der Waals surface area (Å²) >= 11 is 9.82. The van der Waals surface area contributed by atoms with Crippen molar-refractivity contribution in [3.8, 4) is 0 Å². The van der Waals surface area contributed by atoms with Crippen LogP contribution < -0.4 is 0 Å². The first-order chi connectivity index (χ1) is 6.93. The Morgan fingerprint density at radius 2 is 2.07 bits per heavy atom. The highest BCUT2D eigenvalue weighted by Crippen LogP contribution is 2.30. The van der Waals surface area contributed by atoms with Crippen molar-refractivity contribution in [1.82, 2.24) is 0 Å². The molecule has 5 heteroatoms. The molecule has 1 aromatic carbocycles. The first-order valence-electron chi connectivity index (χ1n) is 4.19. The molecule has 82 valence electrons. The van der Waals surface area contributed by atoms with Crippen molar-refractivity contribution in [2.75, 3.05) is 0 Å². The molecule has 1 rings (SSSR count). The van der Waals surface area contributed by atoms with Gasteiger partial charge in [0.2, 0.25) is 0 Å². The molecule has 0 heterocycles. The fraction of sp³-hybridized carbons (Fsp3) is 0.300. The summed E-state index contributed by atoms with van der Waals surface area (Å²) < 4.78 is 24.6. The van der Waals surface area contributed by atoms with Crippen molar-refractivity contribution < 1.29 is 13.6 Å². The highest BCUT2D eigenvalue weighted by atomic mass is 35.5. The summed E-state index contributed by atoms with van der Waals surface area (Å²) in [4.78, 5) is 11.3. The third-order valence-corrected chi connectivity index (χ3v) is 2.87. The lowest BCUT2D eigenvalue weighted by molar-refractivity contribution is -0.116. The van der Waals surface area contributed by atoms with Gasteiger partial charge in [0.1, 0.15) is 5.38 Å². The largest absolute Gasteiger partial charge is 0.298 e. The lowest BCUT2D eigenvalue weighted by Crippen LogP contribution is -2.03. The van der Waals surface area contributed by atoms with Gasteiger partial charge in [-0.15, -0.1) is 24.2 Å². The molecule has 0 aliphatic carbocycles. The van der Waals surface area contributed by atoms with Gasteiger partial charge in [0.15, 0.2) is 5.78 Å². The number of thiol groups is 1. The van der Waals surface area contributed by atoms with Gasteiger partial charge in [-0.25, -0.2) is 8.78 Å². The van der Waals surface area contributed by atoms with Crippen LogP contribution in [0.25, 0.3) is 0 Å². The molecule has 0 saturated carbocycles.